The van der Waals surface area contributed by atoms with Crippen LogP contribution in [0.4, 0.5) is 5.69 Å². The first kappa shape index (κ1) is 23.5. The fourth-order valence-corrected chi connectivity index (χ4v) is 4.78. The highest BCUT2D eigenvalue weighted by Crippen LogP contribution is 2.30. The van der Waals surface area contributed by atoms with E-state index in [1.54, 1.807) is 24.1 Å². The maximum absolute atomic E-state index is 13.0. The Morgan fingerprint density at radius 3 is 2.58 bits per heavy atom. The van der Waals surface area contributed by atoms with Gasteiger partial charge in [0.05, 0.1) is 5.92 Å². The number of hydrogen-bond acceptors (Lipinski definition) is 4. The van der Waals surface area contributed by atoms with E-state index in [0.29, 0.717) is 47.9 Å². The van der Waals surface area contributed by atoms with Crippen LogP contribution in [-0.2, 0) is 14.3 Å². The van der Waals surface area contributed by atoms with Gasteiger partial charge in [0.25, 0.3) is 5.91 Å². The highest BCUT2D eigenvalue weighted by molar-refractivity contribution is 6.31. The molecule has 3 atom stereocenters. The summed E-state index contributed by atoms with van der Waals surface area (Å²) in [5, 5.41) is 6.22. The average Bonchev–Trinajstić information content (AvgIpc) is 2.73. The van der Waals surface area contributed by atoms with Crippen LogP contribution in [0.2, 0.25) is 5.02 Å². The molecule has 0 bridgehead atoms. The first-order valence-corrected chi connectivity index (χ1v) is 11.3. The van der Waals surface area contributed by atoms with Gasteiger partial charge in [0.2, 0.25) is 11.8 Å². The lowest BCUT2D eigenvalue weighted by atomic mass is 9.84. The molecule has 3 rings (SSSR count). The highest BCUT2D eigenvalue weighted by Gasteiger charge is 2.32. The summed E-state index contributed by atoms with van der Waals surface area (Å²) in [6, 6.07) is 3.47. The van der Waals surface area contributed by atoms with Crippen LogP contribution in [0.3, 0.4) is 0 Å². The molecule has 1 aromatic carbocycles. The van der Waals surface area contributed by atoms with E-state index in [1.807, 2.05) is 20.8 Å². The fourth-order valence-electron chi connectivity index (χ4n) is 4.57. The molecule has 2 aliphatic rings. The molecule has 3 unspecified atom stereocenters. The predicted octanol–water partition coefficient (Wildman–Crippen LogP) is 2.93. The molecule has 2 heterocycles. The SMILES string of the molecule is Cc1c(C(=O)NCC2C(=O)NC(C)CC2C)cc(Cl)cc1N(C)C(=O)C1CCOCC1. The predicted molar refractivity (Wildman–Crippen MR) is 120 cm³/mol. The Labute approximate surface area is 188 Å². The van der Waals surface area contributed by atoms with Gasteiger partial charge in [-0.15, -0.1) is 0 Å². The number of nitrogens with one attached hydrogen (secondary N) is 2. The Balaban J connectivity index is 1.74. The van der Waals surface area contributed by atoms with Gasteiger partial charge in [0.15, 0.2) is 0 Å². The lowest BCUT2D eigenvalue weighted by molar-refractivity contribution is -0.129. The zero-order valence-corrected chi connectivity index (χ0v) is 19.4. The summed E-state index contributed by atoms with van der Waals surface area (Å²) in [6.07, 6.45) is 2.26. The minimum Gasteiger partial charge on any atom is -0.381 e. The normalized spacial score (nSPS) is 24.4. The molecule has 2 fully saturated rings. The van der Waals surface area contributed by atoms with Crippen LogP contribution in [0.5, 0.6) is 0 Å². The second kappa shape index (κ2) is 10.0. The molecule has 8 heteroatoms. The van der Waals surface area contributed by atoms with Gasteiger partial charge in [-0.2, -0.15) is 0 Å². The summed E-state index contributed by atoms with van der Waals surface area (Å²) < 4.78 is 5.35. The highest BCUT2D eigenvalue weighted by atomic mass is 35.5. The van der Waals surface area contributed by atoms with Crippen molar-refractivity contribution in [1.29, 1.82) is 0 Å². The van der Waals surface area contributed by atoms with E-state index in [0.717, 1.165) is 6.42 Å². The molecule has 2 saturated heterocycles. The molecule has 0 aliphatic carbocycles. The smallest absolute Gasteiger partial charge is 0.251 e. The van der Waals surface area contributed by atoms with Gasteiger partial charge >= 0.3 is 0 Å². The number of anilines is 1. The molecular weight excluding hydrogens is 418 g/mol. The summed E-state index contributed by atoms with van der Waals surface area (Å²) in [5.41, 5.74) is 1.71. The number of benzene rings is 1. The summed E-state index contributed by atoms with van der Waals surface area (Å²) in [5.74, 6) is -0.506. The van der Waals surface area contributed by atoms with E-state index in [1.165, 1.54) is 0 Å². The van der Waals surface area contributed by atoms with Crippen LogP contribution in [0.25, 0.3) is 0 Å². The third kappa shape index (κ3) is 5.39. The van der Waals surface area contributed by atoms with Gasteiger partial charge in [-0.3, -0.25) is 14.4 Å². The molecule has 170 valence electrons. The van der Waals surface area contributed by atoms with E-state index in [4.69, 9.17) is 16.3 Å². The van der Waals surface area contributed by atoms with Gasteiger partial charge in [0.1, 0.15) is 0 Å². The Hall–Kier alpha value is -2.12. The lowest BCUT2D eigenvalue weighted by Crippen LogP contribution is -2.50. The fraction of sp³-hybridized carbons (Fsp3) is 0.609. The van der Waals surface area contributed by atoms with Crippen LogP contribution in [0.1, 0.15) is 49.0 Å². The minimum absolute atomic E-state index is 0.00171. The van der Waals surface area contributed by atoms with Crippen LogP contribution in [-0.4, -0.2) is 50.6 Å². The largest absolute Gasteiger partial charge is 0.381 e. The third-order valence-electron chi connectivity index (χ3n) is 6.47. The van der Waals surface area contributed by atoms with Crippen molar-refractivity contribution in [2.45, 2.75) is 46.1 Å². The number of piperidine rings is 1. The average molecular weight is 450 g/mol. The van der Waals surface area contributed by atoms with Crippen molar-refractivity contribution in [3.05, 3.63) is 28.3 Å². The van der Waals surface area contributed by atoms with Crippen LogP contribution in [0, 0.1) is 24.7 Å². The molecular formula is C23H32ClN3O4. The molecule has 31 heavy (non-hydrogen) atoms. The zero-order chi connectivity index (χ0) is 22.7. The molecule has 7 nitrogen and oxygen atoms in total. The van der Waals surface area contributed by atoms with Gasteiger partial charge < -0.3 is 20.3 Å². The van der Waals surface area contributed by atoms with Crippen molar-refractivity contribution >= 4 is 35.0 Å². The van der Waals surface area contributed by atoms with Crippen molar-refractivity contribution in [3.8, 4) is 0 Å². The minimum atomic E-state index is -0.299. The summed E-state index contributed by atoms with van der Waals surface area (Å²) in [6.45, 7) is 7.25. The van der Waals surface area contributed by atoms with Crippen molar-refractivity contribution in [2.75, 3.05) is 31.7 Å². The number of hydrogen-bond donors (Lipinski definition) is 2. The molecule has 2 N–H and O–H groups in total. The Bertz CT molecular complexity index is 853. The van der Waals surface area contributed by atoms with Crippen molar-refractivity contribution in [1.82, 2.24) is 10.6 Å². The van der Waals surface area contributed by atoms with Crippen molar-refractivity contribution < 1.29 is 19.1 Å². The van der Waals surface area contributed by atoms with E-state index in [9.17, 15) is 14.4 Å². The van der Waals surface area contributed by atoms with E-state index in [2.05, 4.69) is 10.6 Å². The molecule has 1 aromatic rings. The maximum Gasteiger partial charge on any atom is 0.251 e. The molecule has 2 aliphatic heterocycles. The van der Waals surface area contributed by atoms with Gasteiger partial charge in [0, 0.05) is 55.0 Å². The number of carbonyl (C=O) groups is 3. The number of ether oxygens (including phenoxy) is 1. The first-order valence-electron chi connectivity index (χ1n) is 10.9. The van der Waals surface area contributed by atoms with E-state index < -0.39 is 0 Å². The number of nitrogens with zero attached hydrogens (tertiary/aromatic N) is 1. The number of amides is 3. The monoisotopic (exact) mass is 449 g/mol. The Morgan fingerprint density at radius 1 is 1.26 bits per heavy atom. The molecule has 0 saturated carbocycles. The van der Waals surface area contributed by atoms with Crippen LogP contribution >= 0.6 is 11.6 Å². The number of rotatable bonds is 5. The Kier molecular flexibility index (Phi) is 7.59. The number of carbonyl (C=O) groups excluding carboxylic acids is 3. The van der Waals surface area contributed by atoms with Gasteiger partial charge in [-0.1, -0.05) is 18.5 Å². The molecule has 0 aromatic heterocycles. The quantitative estimate of drug-likeness (QED) is 0.723. The molecule has 0 radical (unpaired) electrons. The molecule has 3 amide bonds. The van der Waals surface area contributed by atoms with E-state index >= 15 is 0 Å². The van der Waals surface area contributed by atoms with Gasteiger partial charge in [-0.25, -0.2) is 0 Å². The van der Waals surface area contributed by atoms with Gasteiger partial charge in [-0.05, 0) is 56.7 Å². The number of halogens is 1. The second-order valence-corrected chi connectivity index (χ2v) is 9.26. The van der Waals surface area contributed by atoms with Crippen LogP contribution < -0.4 is 15.5 Å². The second-order valence-electron chi connectivity index (χ2n) is 8.82. The zero-order valence-electron chi connectivity index (χ0n) is 18.7. The van der Waals surface area contributed by atoms with Crippen LogP contribution in [0.15, 0.2) is 12.1 Å². The maximum atomic E-state index is 13.0. The topological polar surface area (TPSA) is 87.7 Å². The summed E-state index contributed by atoms with van der Waals surface area (Å²) in [7, 11) is 1.72. The summed E-state index contributed by atoms with van der Waals surface area (Å²) in [4.78, 5) is 39.8. The van der Waals surface area contributed by atoms with Crippen molar-refractivity contribution in [2.24, 2.45) is 17.8 Å². The molecule has 0 spiro atoms. The van der Waals surface area contributed by atoms with E-state index in [-0.39, 0.29) is 48.1 Å². The third-order valence-corrected chi connectivity index (χ3v) is 6.69. The first-order chi connectivity index (χ1) is 14.7. The lowest BCUT2D eigenvalue weighted by Gasteiger charge is -2.32. The standard InChI is InChI=1S/C23H32ClN3O4/c1-13-9-14(2)26-22(29)19(13)12-25-21(28)18-10-17(24)11-20(15(18)3)27(4)23(30)16-5-7-31-8-6-16/h10-11,13-14,16,19H,5-9,12H2,1-4H3,(H,25,28)(H,26,29). The summed E-state index contributed by atoms with van der Waals surface area (Å²) >= 11 is 6.31. The Morgan fingerprint density at radius 2 is 1.94 bits per heavy atom. The van der Waals surface area contributed by atoms with Crippen molar-refractivity contribution in [3.63, 3.8) is 0 Å².